The summed E-state index contributed by atoms with van der Waals surface area (Å²) >= 11 is 1.50. The molecule has 0 unspecified atom stereocenters. The molecular weight excluding hydrogens is 238 g/mol. The molecule has 7 heteroatoms. The number of carbonyl (C=O) groups is 1. The minimum Gasteiger partial charge on any atom is -0.344 e. The number of amides is 1. The molecular formula is C10H13N5OS. The second-order valence-corrected chi connectivity index (χ2v) is 4.48. The Morgan fingerprint density at radius 1 is 1.59 bits per heavy atom. The molecule has 2 rings (SSSR count). The first kappa shape index (κ1) is 11.7. The summed E-state index contributed by atoms with van der Waals surface area (Å²) in [7, 11) is 0. The van der Waals surface area contributed by atoms with Crippen LogP contribution in [0.2, 0.25) is 0 Å². The van der Waals surface area contributed by atoms with E-state index in [9.17, 15) is 4.79 Å². The summed E-state index contributed by atoms with van der Waals surface area (Å²) < 4.78 is 0. The average Bonchev–Trinajstić information content (AvgIpc) is 2.97. The van der Waals surface area contributed by atoms with E-state index in [4.69, 9.17) is 0 Å². The Labute approximate surface area is 103 Å². The van der Waals surface area contributed by atoms with Crippen LogP contribution in [-0.2, 0) is 13.0 Å². The number of thiazole rings is 1. The lowest BCUT2D eigenvalue weighted by Crippen LogP contribution is -2.23. The molecule has 6 nitrogen and oxygen atoms in total. The molecule has 0 saturated heterocycles. The van der Waals surface area contributed by atoms with Crippen molar-refractivity contribution in [2.75, 3.05) is 0 Å². The maximum atomic E-state index is 11.7. The molecule has 90 valence electrons. The minimum absolute atomic E-state index is 0.193. The molecule has 0 aliphatic carbocycles. The SMILES string of the molecule is CCCc1nc(C(=O)NCc2cncs2)n[nH]1. The van der Waals surface area contributed by atoms with Gasteiger partial charge in [-0.25, -0.2) is 4.98 Å². The summed E-state index contributed by atoms with van der Waals surface area (Å²) in [6.07, 6.45) is 3.50. The molecule has 2 aromatic rings. The zero-order valence-corrected chi connectivity index (χ0v) is 10.3. The van der Waals surface area contributed by atoms with Crippen LogP contribution in [0.3, 0.4) is 0 Å². The smallest absolute Gasteiger partial charge is 0.291 e. The lowest BCUT2D eigenvalue weighted by atomic mass is 10.3. The Morgan fingerprint density at radius 3 is 3.18 bits per heavy atom. The van der Waals surface area contributed by atoms with Crippen LogP contribution in [0.5, 0.6) is 0 Å². The molecule has 17 heavy (non-hydrogen) atoms. The van der Waals surface area contributed by atoms with Gasteiger partial charge in [0, 0.05) is 17.5 Å². The summed E-state index contributed by atoms with van der Waals surface area (Å²) in [6.45, 7) is 2.51. The van der Waals surface area contributed by atoms with Gasteiger partial charge in [-0.3, -0.25) is 14.9 Å². The van der Waals surface area contributed by atoms with E-state index >= 15 is 0 Å². The van der Waals surface area contributed by atoms with E-state index in [1.807, 2.05) is 6.92 Å². The second kappa shape index (κ2) is 5.53. The number of aromatic amines is 1. The van der Waals surface area contributed by atoms with Crippen molar-refractivity contribution in [2.45, 2.75) is 26.3 Å². The fraction of sp³-hybridized carbons (Fsp3) is 0.400. The topological polar surface area (TPSA) is 83.6 Å². The number of rotatable bonds is 5. The summed E-state index contributed by atoms with van der Waals surface area (Å²) in [5.41, 5.74) is 1.73. The average molecular weight is 251 g/mol. The lowest BCUT2D eigenvalue weighted by molar-refractivity contribution is 0.0941. The molecule has 0 spiro atoms. The standard InChI is InChI=1S/C10H13N5OS/c1-2-3-8-13-9(15-14-8)10(16)12-5-7-4-11-6-17-7/h4,6H,2-3,5H2,1H3,(H,12,16)(H,13,14,15). The van der Waals surface area contributed by atoms with Crippen molar-refractivity contribution in [2.24, 2.45) is 0 Å². The number of aromatic nitrogens is 4. The van der Waals surface area contributed by atoms with Crippen molar-refractivity contribution in [3.63, 3.8) is 0 Å². The lowest BCUT2D eigenvalue weighted by Gasteiger charge is -1.98. The van der Waals surface area contributed by atoms with Gasteiger partial charge in [0.25, 0.3) is 5.91 Å². The maximum Gasteiger partial charge on any atom is 0.291 e. The molecule has 0 aliphatic heterocycles. The predicted octanol–water partition coefficient (Wildman–Crippen LogP) is 1.14. The number of hydrogen-bond acceptors (Lipinski definition) is 5. The molecule has 2 heterocycles. The van der Waals surface area contributed by atoms with E-state index in [0.29, 0.717) is 6.54 Å². The van der Waals surface area contributed by atoms with Gasteiger partial charge in [-0.1, -0.05) is 6.92 Å². The summed E-state index contributed by atoms with van der Waals surface area (Å²) in [5, 5.41) is 9.37. The summed E-state index contributed by atoms with van der Waals surface area (Å²) in [6, 6.07) is 0. The Morgan fingerprint density at radius 2 is 2.47 bits per heavy atom. The molecule has 0 radical (unpaired) electrons. The van der Waals surface area contributed by atoms with Gasteiger partial charge in [-0.15, -0.1) is 16.4 Å². The van der Waals surface area contributed by atoms with Crippen LogP contribution < -0.4 is 5.32 Å². The van der Waals surface area contributed by atoms with Crippen molar-refractivity contribution in [3.8, 4) is 0 Å². The summed E-state index contributed by atoms with van der Waals surface area (Å²) in [5.74, 6) is 0.672. The molecule has 0 atom stereocenters. The first-order valence-corrected chi connectivity index (χ1v) is 6.24. The van der Waals surface area contributed by atoms with Crippen molar-refractivity contribution in [1.82, 2.24) is 25.5 Å². The van der Waals surface area contributed by atoms with E-state index < -0.39 is 0 Å². The van der Waals surface area contributed by atoms with Crippen LogP contribution in [0.15, 0.2) is 11.7 Å². The van der Waals surface area contributed by atoms with Crippen LogP contribution >= 0.6 is 11.3 Å². The number of carbonyl (C=O) groups excluding carboxylic acids is 1. The van der Waals surface area contributed by atoms with Gasteiger partial charge in [0.15, 0.2) is 0 Å². The van der Waals surface area contributed by atoms with Gasteiger partial charge < -0.3 is 5.32 Å². The maximum absolute atomic E-state index is 11.7. The zero-order chi connectivity index (χ0) is 12.1. The number of hydrogen-bond donors (Lipinski definition) is 2. The van der Waals surface area contributed by atoms with E-state index in [-0.39, 0.29) is 11.7 Å². The third-order valence-corrected chi connectivity index (χ3v) is 2.91. The molecule has 0 saturated carbocycles. The largest absolute Gasteiger partial charge is 0.344 e. The zero-order valence-electron chi connectivity index (χ0n) is 9.43. The fourth-order valence-electron chi connectivity index (χ4n) is 1.32. The Bertz CT molecular complexity index is 479. The van der Waals surface area contributed by atoms with Gasteiger partial charge in [0.2, 0.25) is 5.82 Å². The van der Waals surface area contributed by atoms with E-state index in [2.05, 4.69) is 25.5 Å². The number of aryl methyl sites for hydroxylation is 1. The Kier molecular flexibility index (Phi) is 3.81. The van der Waals surface area contributed by atoms with Crippen LogP contribution in [0.25, 0.3) is 0 Å². The van der Waals surface area contributed by atoms with Gasteiger partial charge >= 0.3 is 0 Å². The van der Waals surface area contributed by atoms with Gasteiger partial charge in [0.1, 0.15) is 5.82 Å². The van der Waals surface area contributed by atoms with Gasteiger partial charge in [0.05, 0.1) is 12.1 Å². The van der Waals surface area contributed by atoms with E-state index in [0.717, 1.165) is 23.5 Å². The molecule has 0 bridgehead atoms. The number of H-pyrrole nitrogens is 1. The monoisotopic (exact) mass is 251 g/mol. The quantitative estimate of drug-likeness (QED) is 0.834. The highest BCUT2D eigenvalue weighted by molar-refractivity contribution is 7.09. The Hall–Kier alpha value is -1.76. The van der Waals surface area contributed by atoms with Crippen molar-refractivity contribution < 1.29 is 4.79 Å². The molecule has 2 N–H and O–H groups in total. The van der Waals surface area contributed by atoms with Gasteiger partial charge in [-0.05, 0) is 6.42 Å². The van der Waals surface area contributed by atoms with Crippen molar-refractivity contribution in [3.05, 3.63) is 28.2 Å². The first-order valence-electron chi connectivity index (χ1n) is 5.36. The third-order valence-electron chi connectivity index (χ3n) is 2.13. The van der Waals surface area contributed by atoms with E-state index in [1.54, 1.807) is 11.7 Å². The number of nitrogens with one attached hydrogen (secondary N) is 2. The highest BCUT2D eigenvalue weighted by Crippen LogP contribution is 2.04. The van der Waals surface area contributed by atoms with Crippen LogP contribution in [0, 0.1) is 0 Å². The summed E-state index contributed by atoms with van der Waals surface area (Å²) in [4.78, 5) is 20.7. The van der Waals surface area contributed by atoms with Crippen LogP contribution in [-0.4, -0.2) is 26.1 Å². The van der Waals surface area contributed by atoms with Crippen molar-refractivity contribution in [1.29, 1.82) is 0 Å². The normalized spacial score (nSPS) is 10.4. The van der Waals surface area contributed by atoms with Crippen LogP contribution in [0.1, 0.15) is 34.7 Å². The molecule has 2 aromatic heterocycles. The second-order valence-electron chi connectivity index (χ2n) is 3.51. The van der Waals surface area contributed by atoms with Gasteiger partial charge in [-0.2, -0.15) is 0 Å². The molecule has 0 aliphatic rings. The minimum atomic E-state index is -0.267. The van der Waals surface area contributed by atoms with Crippen molar-refractivity contribution >= 4 is 17.2 Å². The molecule has 1 amide bonds. The number of nitrogens with zero attached hydrogens (tertiary/aromatic N) is 3. The van der Waals surface area contributed by atoms with Crippen LogP contribution in [0.4, 0.5) is 0 Å². The van der Waals surface area contributed by atoms with E-state index in [1.165, 1.54) is 11.3 Å². The molecule has 0 aromatic carbocycles. The fourth-order valence-corrected chi connectivity index (χ4v) is 1.86. The predicted molar refractivity (Wildman–Crippen MR) is 63.7 cm³/mol. The third kappa shape index (κ3) is 3.10. The Balaban J connectivity index is 1.90. The molecule has 0 fully saturated rings. The highest BCUT2D eigenvalue weighted by Gasteiger charge is 2.11. The highest BCUT2D eigenvalue weighted by atomic mass is 32.1. The first-order chi connectivity index (χ1) is 8.29.